The normalized spacial score (nSPS) is 14.3. The molecule has 1 saturated heterocycles. The summed E-state index contributed by atoms with van der Waals surface area (Å²) in [5.74, 6) is 0.657. The molecule has 2 heterocycles. The first-order valence-electron chi connectivity index (χ1n) is 9.96. The van der Waals surface area contributed by atoms with Gasteiger partial charge >= 0.3 is 0 Å². The monoisotopic (exact) mass is 481 g/mol. The van der Waals surface area contributed by atoms with E-state index in [0.717, 1.165) is 55.2 Å². The van der Waals surface area contributed by atoms with Gasteiger partial charge < -0.3 is 9.47 Å². The zero-order valence-electron chi connectivity index (χ0n) is 17.3. The Labute approximate surface area is 197 Å². The summed E-state index contributed by atoms with van der Waals surface area (Å²) in [4.78, 5) is 22.2. The van der Waals surface area contributed by atoms with Crippen LogP contribution in [0.4, 0.5) is 5.13 Å². The lowest BCUT2D eigenvalue weighted by molar-refractivity contribution is 0.0376. The molecule has 1 aromatic heterocycles. The Morgan fingerprint density at radius 3 is 2.81 bits per heavy atom. The van der Waals surface area contributed by atoms with Crippen LogP contribution in [0.3, 0.4) is 0 Å². The van der Waals surface area contributed by atoms with Crippen molar-refractivity contribution in [2.24, 2.45) is 0 Å². The molecule has 6 nitrogen and oxygen atoms in total. The maximum atomic E-state index is 13.4. The summed E-state index contributed by atoms with van der Waals surface area (Å²) in [6, 6.07) is 12.8. The van der Waals surface area contributed by atoms with Gasteiger partial charge in [0.1, 0.15) is 5.75 Å². The second-order valence-electron chi connectivity index (χ2n) is 7.10. The van der Waals surface area contributed by atoms with Crippen LogP contribution in [0.2, 0.25) is 5.02 Å². The Bertz CT molecular complexity index is 1020. The number of morpholine rings is 1. The number of anilines is 1. The molecular weight excluding hydrogens is 457 g/mol. The van der Waals surface area contributed by atoms with Crippen LogP contribution in [-0.2, 0) is 4.74 Å². The summed E-state index contributed by atoms with van der Waals surface area (Å²) >= 11 is 7.64. The van der Waals surface area contributed by atoms with Crippen LogP contribution in [0, 0.1) is 0 Å². The van der Waals surface area contributed by atoms with E-state index in [1.165, 1.54) is 11.3 Å². The molecule has 0 aliphatic carbocycles. The number of aromatic nitrogens is 1. The summed E-state index contributed by atoms with van der Waals surface area (Å²) < 4.78 is 11.7. The lowest BCUT2D eigenvalue weighted by Crippen LogP contribution is -2.39. The highest BCUT2D eigenvalue weighted by Gasteiger charge is 2.22. The molecule has 0 N–H and O–H groups in total. The van der Waals surface area contributed by atoms with Crippen LogP contribution in [0.1, 0.15) is 16.8 Å². The number of fused-ring (bicyclic) bond motifs is 1. The van der Waals surface area contributed by atoms with Gasteiger partial charge in [0, 0.05) is 42.8 Å². The molecule has 0 spiro atoms. The third-order valence-corrected chi connectivity index (χ3v) is 6.39. The Hall–Kier alpha value is -1.90. The largest absolute Gasteiger partial charge is 0.497 e. The van der Waals surface area contributed by atoms with Crippen LogP contribution in [-0.4, -0.2) is 62.3 Å². The number of carbonyl (C=O) groups excluding carboxylic acids is 1. The molecule has 0 saturated carbocycles. The number of halogens is 2. The fraction of sp³-hybridized carbons (Fsp3) is 0.364. The molecule has 1 aliphatic heterocycles. The zero-order chi connectivity index (χ0) is 20.9. The van der Waals surface area contributed by atoms with Crippen LogP contribution in [0.5, 0.6) is 5.75 Å². The molecule has 1 aliphatic rings. The number of nitrogens with zero attached hydrogens (tertiary/aromatic N) is 3. The molecule has 166 valence electrons. The summed E-state index contributed by atoms with van der Waals surface area (Å²) in [6.07, 6.45) is 0.853. The van der Waals surface area contributed by atoms with Crippen molar-refractivity contribution >= 4 is 56.6 Å². The first-order valence-corrected chi connectivity index (χ1v) is 11.2. The van der Waals surface area contributed by atoms with Gasteiger partial charge in [-0.1, -0.05) is 29.0 Å². The van der Waals surface area contributed by atoms with Crippen molar-refractivity contribution in [1.82, 2.24) is 9.88 Å². The molecule has 0 bridgehead atoms. The zero-order valence-corrected chi connectivity index (χ0v) is 19.6. The fourth-order valence-corrected chi connectivity index (χ4v) is 4.64. The minimum absolute atomic E-state index is 0. The molecule has 31 heavy (non-hydrogen) atoms. The van der Waals surface area contributed by atoms with Crippen molar-refractivity contribution in [1.29, 1.82) is 0 Å². The second-order valence-corrected chi connectivity index (χ2v) is 8.55. The highest BCUT2D eigenvalue weighted by Crippen LogP contribution is 2.32. The van der Waals surface area contributed by atoms with Crippen molar-refractivity contribution in [3.8, 4) is 5.75 Å². The predicted molar refractivity (Wildman–Crippen MR) is 128 cm³/mol. The number of benzene rings is 2. The molecule has 0 radical (unpaired) electrons. The van der Waals surface area contributed by atoms with Crippen LogP contribution >= 0.6 is 35.3 Å². The maximum Gasteiger partial charge on any atom is 0.260 e. The number of thiazole rings is 1. The molecule has 4 rings (SSSR count). The highest BCUT2D eigenvalue weighted by atomic mass is 35.5. The molecule has 1 amide bonds. The van der Waals surface area contributed by atoms with Gasteiger partial charge in [-0.25, -0.2) is 4.98 Å². The average molecular weight is 482 g/mol. The minimum atomic E-state index is -0.0921. The number of ether oxygens (including phenoxy) is 2. The number of rotatable bonds is 7. The van der Waals surface area contributed by atoms with E-state index < -0.39 is 0 Å². The van der Waals surface area contributed by atoms with E-state index in [-0.39, 0.29) is 18.3 Å². The topological polar surface area (TPSA) is 54.9 Å². The number of methoxy groups -OCH3 is 1. The van der Waals surface area contributed by atoms with Gasteiger partial charge in [-0.05, 0) is 36.8 Å². The summed E-state index contributed by atoms with van der Waals surface area (Å²) in [6.45, 7) is 4.91. The van der Waals surface area contributed by atoms with Crippen molar-refractivity contribution in [3.05, 3.63) is 53.1 Å². The van der Waals surface area contributed by atoms with Crippen LogP contribution in [0.15, 0.2) is 42.5 Å². The molecule has 0 atom stereocenters. The highest BCUT2D eigenvalue weighted by molar-refractivity contribution is 7.22. The van der Waals surface area contributed by atoms with Gasteiger partial charge in [0.15, 0.2) is 5.13 Å². The summed E-state index contributed by atoms with van der Waals surface area (Å²) in [5.41, 5.74) is 1.39. The van der Waals surface area contributed by atoms with E-state index in [1.807, 2.05) is 18.2 Å². The Morgan fingerprint density at radius 1 is 1.26 bits per heavy atom. The fourth-order valence-electron chi connectivity index (χ4n) is 3.48. The Kier molecular flexibility index (Phi) is 8.51. The number of hydrogen-bond donors (Lipinski definition) is 0. The predicted octanol–water partition coefficient (Wildman–Crippen LogP) is 4.75. The molecule has 1 fully saturated rings. The van der Waals surface area contributed by atoms with E-state index in [4.69, 9.17) is 26.1 Å². The van der Waals surface area contributed by atoms with E-state index in [0.29, 0.717) is 22.3 Å². The van der Waals surface area contributed by atoms with Crippen molar-refractivity contribution in [3.63, 3.8) is 0 Å². The van der Waals surface area contributed by atoms with Crippen molar-refractivity contribution in [2.45, 2.75) is 6.42 Å². The third-order valence-electron chi connectivity index (χ3n) is 5.09. The number of carbonyl (C=O) groups is 1. The SMILES string of the molecule is COc1ccc2sc(N(CCCN3CCOCC3)C(=O)c3cccc(Cl)c3)nc2c1.Cl. The van der Waals surface area contributed by atoms with E-state index in [9.17, 15) is 4.79 Å². The van der Waals surface area contributed by atoms with E-state index >= 15 is 0 Å². The third kappa shape index (κ3) is 5.87. The molecule has 2 aromatic carbocycles. The molecule has 3 aromatic rings. The molecular formula is C22H25Cl2N3O3S. The van der Waals surface area contributed by atoms with Crippen LogP contribution < -0.4 is 9.64 Å². The quantitative estimate of drug-likeness (QED) is 0.487. The number of amides is 1. The van der Waals surface area contributed by atoms with Crippen molar-refractivity contribution < 1.29 is 14.3 Å². The summed E-state index contributed by atoms with van der Waals surface area (Å²) in [7, 11) is 1.63. The Morgan fingerprint density at radius 2 is 2.06 bits per heavy atom. The first kappa shape index (κ1) is 23.8. The smallest absolute Gasteiger partial charge is 0.260 e. The van der Waals surface area contributed by atoms with Gasteiger partial charge in [-0.3, -0.25) is 14.6 Å². The maximum absolute atomic E-state index is 13.4. The minimum Gasteiger partial charge on any atom is -0.497 e. The average Bonchev–Trinajstić information content (AvgIpc) is 3.20. The Balaban J connectivity index is 0.00000272. The first-order chi connectivity index (χ1) is 14.6. The second kappa shape index (κ2) is 11.1. The number of hydrogen-bond acceptors (Lipinski definition) is 6. The molecule has 9 heteroatoms. The lowest BCUT2D eigenvalue weighted by Gasteiger charge is -2.27. The van der Waals surface area contributed by atoms with Gasteiger partial charge in [-0.15, -0.1) is 12.4 Å². The van der Waals surface area contributed by atoms with E-state index in [2.05, 4.69) is 4.90 Å². The summed E-state index contributed by atoms with van der Waals surface area (Å²) in [5, 5.41) is 1.23. The van der Waals surface area contributed by atoms with E-state index in [1.54, 1.807) is 36.3 Å². The van der Waals surface area contributed by atoms with Crippen LogP contribution in [0.25, 0.3) is 10.2 Å². The molecule has 0 unspecified atom stereocenters. The van der Waals surface area contributed by atoms with Gasteiger partial charge in [0.05, 0.1) is 30.5 Å². The van der Waals surface area contributed by atoms with Gasteiger partial charge in [0.25, 0.3) is 5.91 Å². The van der Waals surface area contributed by atoms with Gasteiger partial charge in [-0.2, -0.15) is 0 Å². The standard InChI is InChI=1S/C22H24ClN3O3S.ClH/c1-28-18-6-7-20-19(15-18)24-22(30-20)26(9-3-8-25-10-12-29-13-11-25)21(27)16-4-2-5-17(23)14-16;/h2,4-7,14-15H,3,8-13H2,1H3;1H. The van der Waals surface area contributed by atoms with Gasteiger partial charge in [0.2, 0.25) is 0 Å². The lowest BCUT2D eigenvalue weighted by atomic mass is 10.2. The van der Waals surface area contributed by atoms with Crippen molar-refractivity contribution in [2.75, 3.05) is 51.4 Å².